The minimum Gasteiger partial charge on any atom is -0.370 e. The van der Waals surface area contributed by atoms with Gasteiger partial charge in [0.15, 0.2) is 0 Å². The Bertz CT molecular complexity index is 391. The zero-order chi connectivity index (χ0) is 13.0. The first-order valence-corrected chi connectivity index (χ1v) is 7.05. The van der Waals surface area contributed by atoms with E-state index in [-0.39, 0.29) is 0 Å². The summed E-state index contributed by atoms with van der Waals surface area (Å²) in [5.74, 6) is 3.42. The SMILES string of the molecule is CCNc1cc(NC2CCCCC2C)nc(C)n1. The van der Waals surface area contributed by atoms with E-state index in [9.17, 15) is 0 Å². The summed E-state index contributed by atoms with van der Waals surface area (Å²) < 4.78 is 0. The van der Waals surface area contributed by atoms with E-state index in [1.54, 1.807) is 0 Å². The normalized spacial score (nSPS) is 23.7. The average Bonchev–Trinajstić information content (AvgIpc) is 2.32. The first-order chi connectivity index (χ1) is 8.69. The molecule has 2 atom stereocenters. The number of hydrogen-bond donors (Lipinski definition) is 2. The topological polar surface area (TPSA) is 49.8 Å². The lowest BCUT2D eigenvalue weighted by molar-refractivity contribution is 0.349. The van der Waals surface area contributed by atoms with Crippen molar-refractivity contribution >= 4 is 11.6 Å². The zero-order valence-corrected chi connectivity index (χ0v) is 11.7. The fourth-order valence-corrected chi connectivity index (χ4v) is 2.63. The van der Waals surface area contributed by atoms with Crippen molar-refractivity contribution in [3.8, 4) is 0 Å². The number of nitrogens with zero attached hydrogens (tertiary/aromatic N) is 2. The van der Waals surface area contributed by atoms with Crippen LogP contribution in [0.4, 0.5) is 11.6 Å². The Hall–Kier alpha value is -1.32. The van der Waals surface area contributed by atoms with Crippen molar-refractivity contribution in [2.45, 2.75) is 52.5 Å². The predicted octanol–water partition coefficient (Wildman–Crippen LogP) is 3.21. The predicted molar refractivity (Wildman–Crippen MR) is 76.0 cm³/mol. The van der Waals surface area contributed by atoms with Crippen molar-refractivity contribution in [1.29, 1.82) is 0 Å². The minimum absolute atomic E-state index is 0.558. The number of hydrogen-bond acceptors (Lipinski definition) is 4. The Morgan fingerprint density at radius 1 is 1.22 bits per heavy atom. The molecule has 1 heterocycles. The van der Waals surface area contributed by atoms with E-state index >= 15 is 0 Å². The van der Waals surface area contributed by atoms with Crippen molar-refractivity contribution < 1.29 is 0 Å². The van der Waals surface area contributed by atoms with E-state index in [1.807, 2.05) is 13.0 Å². The molecule has 0 aromatic carbocycles. The van der Waals surface area contributed by atoms with Gasteiger partial charge in [-0.2, -0.15) is 0 Å². The highest BCUT2D eigenvalue weighted by molar-refractivity contribution is 5.48. The van der Waals surface area contributed by atoms with Gasteiger partial charge in [-0.25, -0.2) is 9.97 Å². The number of aryl methyl sites for hydroxylation is 1. The Morgan fingerprint density at radius 3 is 2.67 bits per heavy atom. The Morgan fingerprint density at radius 2 is 1.94 bits per heavy atom. The molecule has 0 amide bonds. The number of aromatic nitrogens is 2. The van der Waals surface area contributed by atoms with Crippen LogP contribution in [0.2, 0.25) is 0 Å². The standard InChI is InChI=1S/C14H24N4/c1-4-15-13-9-14(17-11(3)16-13)18-12-8-6-5-7-10(12)2/h9-10,12H,4-8H2,1-3H3,(H2,15,16,17,18). The molecule has 1 aliphatic rings. The Kier molecular flexibility index (Phi) is 4.39. The fourth-order valence-electron chi connectivity index (χ4n) is 2.63. The van der Waals surface area contributed by atoms with Crippen LogP contribution in [-0.4, -0.2) is 22.6 Å². The lowest BCUT2D eigenvalue weighted by Crippen LogP contribution is -2.30. The highest BCUT2D eigenvalue weighted by Crippen LogP contribution is 2.26. The molecule has 1 aromatic heterocycles. The van der Waals surface area contributed by atoms with Crippen molar-refractivity contribution in [1.82, 2.24) is 9.97 Å². The van der Waals surface area contributed by atoms with Gasteiger partial charge in [0.2, 0.25) is 0 Å². The number of rotatable bonds is 4. The zero-order valence-electron chi connectivity index (χ0n) is 11.7. The number of anilines is 2. The van der Waals surface area contributed by atoms with Crippen LogP contribution < -0.4 is 10.6 Å². The molecular formula is C14H24N4. The van der Waals surface area contributed by atoms with Crippen molar-refractivity contribution in [3.63, 3.8) is 0 Å². The first-order valence-electron chi connectivity index (χ1n) is 7.05. The second-order valence-corrected chi connectivity index (χ2v) is 5.23. The molecule has 1 fully saturated rings. The average molecular weight is 248 g/mol. The number of nitrogens with one attached hydrogen (secondary N) is 2. The van der Waals surface area contributed by atoms with Gasteiger partial charge in [-0.3, -0.25) is 0 Å². The van der Waals surface area contributed by atoms with Gasteiger partial charge in [0, 0.05) is 18.7 Å². The second-order valence-electron chi connectivity index (χ2n) is 5.23. The third kappa shape index (κ3) is 3.34. The van der Waals surface area contributed by atoms with Crippen LogP contribution in [0.15, 0.2) is 6.07 Å². The monoisotopic (exact) mass is 248 g/mol. The largest absolute Gasteiger partial charge is 0.370 e. The molecule has 0 spiro atoms. The van der Waals surface area contributed by atoms with Gasteiger partial charge in [-0.1, -0.05) is 19.8 Å². The van der Waals surface area contributed by atoms with Crippen LogP contribution in [0.25, 0.3) is 0 Å². The molecule has 4 heteroatoms. The molecule has 18 heavy (non-hydrogen) atoms. The Balaban J connectivity index is 2.07. The van der Waals surface area contributed by atoms with Crippen LogP contribution in [0, 0.1) is 12.8 Å². The first kappa shape index (κ1) is 13.1. The maximum absolute atomic E-state index is 4.48. The maximum atomic E-state index is 4.48. The minimum atomic E-state index is 0.558. The molecule has 0 saturated heterocycles. The molecular weight excluding hydrogens is 224 g/mol. The van der Waals surface area contributed by atoms with Gasteiger partial charge >= 0.3 is 0 Å². The molecule has 2 N–H and O–H groups in total. The van der Waals surface area contributed by atoms with Crippen molar-refractivity contribution in [2.75, 3.05) is 17.2 Å². The molecule has 4 nitrogen and oxygen atoms in total. The molecule has 2 rings (SSSR count). The van der Waals surface area contributed by atoms with Gasteiger partial charge in [-0.15, -0.1) is 0 Å². The molecule has 0 bridgehead atoms. The van der Waals surface area contributed by atoms with Crippen molar-refractivity contribution in [3.05, 3.63) is 11.9 Å². The lowest BCUT2D eigenvalue weighted by Gasteiger charge is -2.30. The highest BCUT2D eigenvalue weighted by atomic mass is 15.1. The maximum Gasteiger partial charge on any atom is 0.132 e. The van der Waals surface area contributed by atoms with E-state index in [2.05, 4.69) is 34.4 Å². The summed E-state index contributed by atoms with van der Waals surface area (Å²) in [6, 6.07) is 2.57. The summed E-state index contributed by atoms with van der Waals surface area (Å²) >= 11 is 0. The molecule has 0 aliphatic heterocycles. The summed E-state index contributed by atoms with van der Waals surface area (Å²) in [5.41, 5.74) is 0. The third-order valence-corrected chi connectivity index (χ3v) is 3.64. The summed E-state index contributed by atoms with van der Waals surface area (Å²) in [7, 11) is 0. The Labute approximate surface area is 110 Å². The van der Waals surface area contributed by atoms with Gasteiger partial charge in [0.1, 0.15) is 17.5 Å². The van der Waals surface area contributed by atoms with Gasteiger partial charge in [0.25, 0.3) is 0 Å². The third-order valence-electron chi connectivity index (χ3n) is 3.64. The summed E-state index contributed by atoms with van der Waals surface area (Å²) in [6.07, 6.45) is 5.26. The molecule has 100 valence electrons. The summed E-state index contributed by atoms with van der Waals surface area (Å²) in [5, 5.41) is 6.83. The van der Waals surface area contributed by atoms with Crippen LogP contribution in [-0.2, 0) is 0 Å². The van der Waals surface area contributed by atoms with Crippen molar-refractivity contribution in [2.24, 2.45) is 5.92 Å². The second kappa shape index (κ2) is 6.03. The van der Waals surface area contributed by atoms with E-state index in [1.165, 1.54) is 25.7 Å². The van der Waals surface area contributed by atoms with E-state index in [0.29, 0.717) is 6.04 Å². The van der Waals surface area contributed by atoms with Gasteiger partial charge in [-0.05, 0) is 32.6 Å². The van der Waals surface area contributed by atoms with Crippen LogP contribution in [0.1, 0.15) is 45.4 Å². The van der Waals surface area contributed by atoms with Gasteiger partial charge < -0.3 is 10.6 Å². The van der Waals surface area contributed by atoms with Crippen LogP contribution in [0.5, 0.6) is 0 Å². The van der Waals surface area contributed by atoms with Crippen LogP contribution in [0.3, 0.4) is 0 Å². The summed E-state index contributed by atoms with van der Waals surface area (Å²) in [4.78, 5) is 8.86. The molecule has 2 unspecified atom stereocenters. The molecule has 1 saturated carbocycles. The van der Waals surface area contributed by atoms with E-state index in [4.69, 9.17) is 0 Å². The molecule has 1 aromatic rings. The van der Waals surface area contributed by atoms with E-state index < -0.39 is 0 Å². The molecule has 1 aliphatic carbocycles. The van der Waals surface area contributed by atoms with E-state index in [0.717, 1.165) is 29.9 Å². The smallest absolute Gasteiger partial charge is 0.132 e. The highest BCUT2D eigenvalue weighted by Gasteiger charge is 2.21. The van der Waals surface area contributed by atoms with Crippen LogP contribution >= 0.6 is 0 Å². The lowest BCUT2D eigenvalue weighted by atomic mass is 9.86. The fraction of sp³-hybridized carbons (Fsp3) is 0.714. The quantitative estimate of drug-likeness (QED) is 0.859. The van der Waals surface area contributed by atoms with Gasteiger partial charge in [0.05, 0.1) is 0 Å². The molecule has 0 radical (unpaired) electrons. The summed E-state index contributed by atoms with van der Waals surface area (Å²) in [6.45, 7) is 7.23.